The van der Waals surface area contributed by atoms with E-state index in [9.17, 15) is 20.0 Å². The maximum absolute atomic E-state index is 12.2. The summed E-state index contributed by atoms with van der Waals surface area (Å²) in [7, 11) is 0. The Labute approximate surface area is 126 Å². The summed E-state index contributed by atoms with van der Waals surface area (Å²) in [6, 6.07) is 6.90. The Morgan fingerprint density at radius 1 is 1.45 bits per heavy atom. The zero-order valence-electron chi connectivity index (χ0n) is 12.0. The highest BCUT2D eigenvalue weighted by Crippen LogP contribution is 2.21. The molecule has 116 valence electrons. The first kappa shape index (κ1) is 15.7. The van der Waals surface area contributed by atoms with Crippen LogP contribution in [0.25, 0.3) is 0 Å². The molecule has 22 heavy (non-hydrogen) atoms. The second-order valence-electron chi connectivity index (χ2n) is 4.68. The molecule has 1 unspecified atom stereocenters. The van der Waals surface area contributed by atoms with E-state index in [1.54, 1.807) is 25.1 Å². The highest BCUT2D eigenvalue weighted by molar-refractivity contribution is 5.95. The number of nitro benzene ring substituents is 1. The predicted molar refractivity (Wildman–Crippen MR) is 78.5 cm³/mol. The van der Waals surface area contributed by atoms with E-state index in [1.807, 2.05) is 0 Å². The van der Waals surface area contributed by atoms with Gasteiger partial charge in [0, 0.05) is 17.2 Å². The zero-order valence-corrected chi connectivity index (χ0v) is 12.0. The van der Waals surface area contributed by atoms with E-state index in [0.717, 1.165) is 0 Å². The molecule has 0 bridgehead atoms. The number of hydrogen-bond donors (Lipinski definition) is 2. The summed E-state index contributed by atoms with van der Waals surface area (Å²) < 4.78 is 5.14. The molecule has 1 aromatic heterocycles. The van der Waals surface area contributed by atoms with E-state index in [2.05, 4.69) is 5.32 Å². The molecular formula is C15H16N2O5. The smallest absolute Gasteiger partial charge is 0.273 e. The molecule has 0 fully saturated rings. The second kappa shape index (κ2) is 6.86. The standard InChI is InChI=1S/C15H16N2O5/c1-2-10-5-6-11(8-13(10)17(20)21)15(19)16-12(9-18)14-4-3-7-22-14/h3-8,12,18H,2,9H2,1H3,(H,16,19). The van der Waals surface area contributed by atoms with Crippen LogP contribution in [0, 0.1) is 10.1 Å². The van der Waals surface area contributed by atoms with Gasteiger partial charge in [0.2, 0.25) is 0 Å². The molecule has 0 radical (unpaired) electrons. The van der Waals surface area contributed by atoms with Crippen LogP contribution in [-0.2, 0) is 6.42 Å². The minimum Gasteiger partial charge on any atom is -0.467 e. The van der Waals surface area contributed by atoms with Gasteiger partial charge in [-0.05, 0) is 24.6 Å². The van der Waals surface area contributed by atoms with E-state index >= 15 is 0 Å². The molecule has 1 heterocycles. The van der Waals surface area contributed by atoms with Crippen LogP contribution in [0.1, 0.15) is 34.6 Å². The van der Waals surface area contributed by atoms with Gasteiger partial charge in [0.05, 0.1) is 17.8 Å². The van der Waals surface area contributed by atoms with Crippen molar-refractivity contribution in [3.05, 3.63) is 63.6 Å². The second-order valence-corrected chi connectivity index (χ2v) is 4.68. The molecule has 0 saturated heterocycles. The largest absolute Gasteiger partial charge is 0.467 e. The van der Waals surface area contributed by atoms with Crippen LogP contribution in [0.2, 0.25) is 0 Å². The van der Waals surface area contributed by atoms with Gasteiger partial charge in [0.1, 0.15) is 11.8 Å². The zero-order chi connectivity index (χ0) is 16.1. The van der Waals surface area contributed by atoms with Crippen molar-refractivity contribution in [1.82, 2.24) is 5.32 Å². The maximum Gasteiger partial charge on any atom is 0.273 e. The van der Waals surface area contributed by atoms with Crippen LogP contribution in [0.5, 0.6) is 0 Å². The number of nitrogens with one attached hydrogen (secondary N) is 1. The number of hydrogen-bond acceptors (Lipinski definition) is 5. The van der Waals surface area contributed by atoms with Crippen molar-refractivity contribution in [1.29, 1.82) is 0 Å². The van der Waals surface area contributed by atoms with E-state index in [4.69, 9.17) is 4.42 Å². The Bertz CT molecular complexity index is 667. The first-order valence-electron chi connectivity index (χ1n) is 6.79. The third-order valence-corrected chi connectivity index (χ3v) is 3.30. The lowest BCUT2D eigenvalue weighted by Crippen LogP contribution is -2.30. The number of rotatable bonds is 6. The van der Waals surface area contributed by atoms with Gasteiger partial charge in [-0.3, -0.25) is 14.9 Å². The topological polar surface area (TPSA) is 106 Å². The number of carbonyl (C=O) groups is 1. The summed E-state index contributed by atoms with van der Waals surface area (Å²) in [5.41, 5.74) is 0.633. The van der Waals surface area contributed by atoms with E-state index < -0.39 is 16.9 Å². The van der Waals surface area contributed by atoms with Crippen molar-refractivity contribution in [2.24, 2.45) is 0 Å². The number of amides is 1. The molecule has 2 N–H and O–H groups in total. The number of carbonyl (C=O) groups excluding carboxylic acids is 1. The SMILES string of the molecule is CCc1ccc(C(=O)NC(CO)c2ccco2)cc1[N+](=O)[O-]. The van der Waals surface area contributed by atoms with Crippen molar-refractivity contribution < 1.29 is 19.2 Å². The van der Waals surface area contributed by atoms with Crippen LogP contribution in [0.15, 0.2) is 41.0 Å². The average molecular weight is 304 g/mol. The lowest BCUT2D eigenvalue weighted by molar-refractivity contribution is -0.385. The molecule has 1 aromatic carbocycles. The fourth-order valence-electron chi connectivity index (χ4n) is 2.11. The molecule has 0 aliphatic carbocycles. The third-order valence-electron chi connectivity index (χ3n) is 3.30. The first-order valence-corrected chi connectivity index (χ1v) is 6.79. The number of aryl methyl sites for hydroxylation is 1. The van der Waals surface area contributed by atoms with Gasteiger partial charge in [-0.2, -0.15) is 0 Å². The Kier molecular flexibility index (Phi) is 4.90. The van der Waals surface area contributed by atoms with Crippen LogP contribution < -0.4 is 5.32 Å². The van der Waals surface area contributed by atoms with Crippen LogP contribution >= 0.6 is 0 Å². The lowest BCUT2D eigenvalue weighted by atomic mass is 10.1. The van der Waals surface area contributed by atoms with Gasteiger partial charge < -0.3 is 14.8 Å². The van der Waals surface area contributed by atoms with Crippen molar-refractivity contribution in [3.63, 3.8) is 0 Å². The van der Waals surface area contributed by atoms with E-state index in [1.165, 1.54) is 18.4 Å². The van der Waals surface area contributed by atoms with Crippen LogP contribution in [-0.4, -0.2) is 22.5 Å². The predicted octanol–water partition coefficient (Wildman–Crippen LogP) is 2.21. The van der Waals surface area contributed by atoms with Crippen molar-refractivity contribution in [2.45, 2.75) is 19.4 Å². The average Bonchev–Trinajstić information content (AvgIpc) is 3.05. The molecule has 7 heteroatoms. The molecule has 0 aliphatic rings. The first-order chi connectivity index (χ1) is 10.6. The summed E-state index contributed by atoms with van der Waals surface area (Å²) in [6.45, 7) is 1.47. The monoisotopic (exact) mass is 304 g/mol. The van der Waals surface area contributed by atoms with E-state index in [0.29, 0.717) is 17.7 Å². The molecule has 0 spiro atoms. The molecule has 0 saturated carbocycles. The molecule has 2 aromatic rings. The van der Waals surface area contributed by atoms with Crippen molar-refractivity contribution in [2.75, 3.05) is 6.61 Å². The summed E-state index contributed by atoms with van der Waals surface area (Å²) >= 11 is 0. The molecule has 1 atom stereocenters. The van der Waals surface area contributed by atoms with Gasteiger partial charge in [0.25, 0.3) is 11.6 Å². The summed E-state index contributed by atoms with van der Waals surface area (Å²) in [5, 5.41) is 23.0. The van der Waals surface area contributed by atoms with Gasteiger partial charge in [0.15, 0.2) is 0 Å². The summed E-state index contributed by atoms with van der Waals surface area (Å²) in [4.78, 5) is 22.7. The molecular weight excluding hydrogens is 288 g/mol. The molecule has 2 rings (SSSR count). The summed E-state index contributed by atoms with van der Waals surface area (Å²) in [5.74, 6) is -0.100. The number of benzene rings is 1. The quantitative estimate of drug-likeness (QED) is 0.628. The van der Waals surface area contributed by atoms with Crippen molar-refractivity contribution in [3.8, 4) is 0 Å². The molecule has 0 aliphatic heterocycles. The van der Waals surface area contributed by atoms with Gasteiger partial charge in [-0.1, -0.05) is 13.0 Å². The van der Waals surface area contributed by atoms with Crippen LogP contribution in [0.3, 0.4) is 0 Å². The minimum atomic E-state index is -0.701. The highest BCUT2D eigenvalue weighted by atomic mass is 16.6. The number of nitro groups is 1. The lowest BCUT2D eigenvalue weighted by Gasteiger charge is -2.14. The Hall–Kier alpha value is -2.67. The third kappa shape index (κ3) is 3.32. The number of aliphatic hydroxyl groups is 1. The summed E-state index contributed by atoms with van der Waals surface area (Å²) in [6.07, 6.45) is 1.94. The fourth-order valence-corrected chi connectivity index (χ4v) is 2.11. The maximum atomic E-state index is 12.2. The van der Waals surface area contributed by atoms with Gasteiger partial charge in [-0.25, -0.2) is 0 Å². The number of furan rings is 1. The van der Waals surface area contributed by atoms with Crippen LogP contribution in [0.4, 0.5) is 5.69 Å². The van der Waals surface area contributed by atoms with Gasteiger partial charge >= 0.3 is 0 Å². The molecule has 1 amide bonds. The number of nitrogens with zero attached hydrogens (tertiary/aromatic N) is 1. The van der Waals surface area contributed by atoms with Crippen molar-refractivity contribution >= 4 is 11.6 Å². The molecule has 7 nitrogen and oxygen atoms in total. The highest BCUT2D eigenvalue weighted by Gasteiger charge is 2.20. The Balaban J connectivity index is 2.22. The minimum absolute atomic E-state index is 0.0892. The van der Waals surface area contributed by atoms with E-state index in [-0.39, 0.29) is 17.9 Å². The fraction of sp³-hybridized carbons (Fsp3) is 0.267. The normalized spacial score (nSPS) is 11.9. The Morgan fingerprint density at radius 3 is 2.77 bits per heavy atom. The van der Waals surface area contributed by atoms with Gasteiger partial charge in [-0.15, -0.1) is 0 Å². The Morgan fingerprint density at radius 2 is 2.23 bits per heavy atom. The number of aliphatic hydroxyl groups excluding tert-OH is 1.